The van der Waals surface area contributed by atoms with Crippen LogP contribution in [0.25, 0.3) is 10.8 Å². The number of rotatable bonds is 4. The molecular formula is C27H37BF3NO2Si. The maximum Gasteiger partial charge on any atom is 0.495 e. The Balaban J connectivity index is 2.41. The fourth-order valence-electron chi connectivity index (χ4n) is 5.45. The predicted octanol–water partition coefficient (Wildman–Crippen LogP) is 6.71. The standard InChI is InChI=1S/C27H37BF3NO2Si/c1-15(2)35(16(3)4,17(5)6)12-11-19-22-20(24(30)25(31)23(19)29)13-18(32)14-21(22)28-33-26(7,8)27(9,10)34-28/h13-17H,32H2,1-10H3. The molecule has 8 heteroatoms. The number of nitrogens with two attached hydrogens (primary N) is 1. The van der Waals surface area contributed by atoms with E-state index in [2.05, 4.69) is 53.0 Å². The van der Waals surface area contributed by atoms with Crippen LogP contribution in [0.2, 0.25) is 16.6 Å². The fraction of sp³-hybridized carbons (Fsp3) is 0.556. The largest absolute Gasteiger partial charge is 0.495 e. The van der Waals surface area contributed by atoms with E-state index in [1.165, 1.54) is 6.07 Å². The van der Waals surface area contributed by atoms with Gasteiger partial charge in [0, 0.05) is 16.5 Å². The lowest BCUT2D eigenvalue weighted by Gasteiger charge is -2.38. The van der Waals surface area contributed by atoms with E-state index in [-0.39, 0.29) is 38.6 Å². The smallest absolute Gasteiger partial charge is 0.399 e. The van der Waals surface area contributed by atoms with Gasteiger partial charge in [0.2, 0.25) is 0 Å². The van der Waals surface area contributed by atoms with Crippen LogP contribution in [0.4, 0.5) is 18.9 Å². The first-order valence-corrected chi connectivity index (χ1v) is 14.5. The number of halogens is 3. The quantitative estimate of drug-likeness (QED) is 0.218. The van der Waals surface area contributed by atoms with Crippen LogP contribution < -0.4 is 11.2 Å². The van der Waals surface area contributed by atoms with Crippen molar-refractivity contribution >= 4 is 37.1 Å². The van der Waals surface area contributed by atoms with Crippen molar-refractivity contribution in [1.82, 2.24) is 0 Å². The predicted molar refractivity (Wildman–Crippen MR) is 142 cm³/mol. The van der Waals surface area contributed by atoms with Gasteiger partial charge in [0.15, 0.2) is 17.5 Å². The highest BCUT2D eigenvalue weighted by Crippen LogP contribution is 2.41. The Hall–Kier alpha value is -1.95. The first-order chi connectivity index (χ1) is 16.0. The van der Waals surface area contributed by atoms with E-state index in [0.29, 0.717) is 5.46 Å². The molecule has 0 atom stereocenters. The molecular weight excluding hydrogens is 466 g/mol. The van der Waals surface area contributed by atoms with E-state index in [1.807, 2.05) is 27.7 Å². The molecule has 0 aliphatic carbocycles. The van der Waals surface area contributed by atoms with E-state index in [4.69, 9.17) is 15.0 Å². The highest BCUT2D eigenvalue weighted by Gasteiger charge is 2.52. The lowest BCUT2D eigenvalue weighted by Crippen LogP contribution is -2.43. The van der Waals surface area contributed by atoms with Crippen LogP contribution in [-0.4, -0.2) is 26.4 Å². The monoisotopic (exact) mass is 503 g/mol. The number of benzene rings is 2. The summed E-state index contributed by atoms with van der Waals surface area (Å²) in [5.74, 6) is -1.15. The SMILES string of the molecule is CC(C)[Si](C#Cc1c(F)c(F)c(F)c2cc(N)cc(B3OC(C)(C)C(C)(C)O3)c12)(C(C)C)C(C)C. The van der Waals surface area contributed by atoms with Gasteiger partial charge in [0.1, 0.15) is 8.07 Å². The van der Waals surface area contributed by atoms with Gasteiger partial charge < -0.3 is 15.0 Å². The third-order valence-electron chi connectivity index (χ3n) is 8.06. The maximum absolute atomic E-state index is 15.4. The van der Waals surface area contributed by atoms with Gasteiger partial charge in [-0.2, -0.15) is 0 Å². The lowest BCUT2D eigenvalue weighted by atomic mass is 9.74. The molecule has 0 unspecified atom stereocenters. The third-order valence-corrected chi connectivity index (χ3v) is 14.3. The van der Waals surface area contributed by atoms with Crippen molar-refractivity contribution in [2.45, 2.75) is 97.1 Å². The Labute approximate surface area is 209 Å². The van der Waals surface area contributed by atoms with Gasteiger partial charge in [-0.1, -0.05) is 47.5 Å². The zero-order valence-electron chi connectivity index (χ0n) is 22.5. The summed E-state index contributed by atoms with van der Waals surface area (Å²) in [7, 11) is -3.23. The minimum atomic E-state index is -2.29. The van der Waals surface area contributed by atoms with Crippen molar-refractivity contribution in [3.05, 3.63) is 35.1 Å². The van der Waals surface area contributed by atoms with Crippen LogP contribution in [0.15, 0.2) is 12.1 Å². The molecule has 1 aliphatic rings. The molecule has 1 aliphatic heterocycles. The van der Waals surface area contributed by atoms with Crippen molar-refractivity contribution in [3.63, 3.8) is 0 Å². The number of anilines is 1. The topological polar surface area (TPSA) is 44.5 Å². The molecule has 2 N–H and O–H groups in total. The van der Waals surface area contributed by atoms with Crippen LogP contribution in [0.3, 0.4) is 0 Å². The molecule has 1 saturated heterocycles. The Morgan fingerprint density at radius 2 is 1.31 bits per heavy atom. The molecule has 0 spiro atoms. The van der Waals surface area contributed by atoms with E-state index >= 15 is 8.78 Å². The molecule has 0 saturated carbocycles. The van der Waals surface area contributed by atoms with Gasteiger partial charge in [0.05, 0.1) is 16.8 Å². The van der Waals surface area contributed by atoms with Crippen molar-refractivity contribution in [2.24, 2.45) is 0 Å². The molecule has 1 heterocycles. The molecule has 0 aromatic heterocycles. The molecule has 0 bridgehead atoms. The zero-order chi connectivity index (χ0) is 26.7. The molecule has 2 aromatic rings. The van der Waals surface area contributed by atoms with Crippen LogP contribution in [0.1, 0.15) is 74.8 Å². The number of nitrogen functional groups attached to an aromatic ring is 1. The van der Waals surface area contributed by atoms with Crippen molar-refractivity contribution in [2.75, 3.05) is 5.73 Å². The van der Waals surface area contributed by atoms with Gasteiger partial charge in [-0.25, -0.2) is 13.2 Å². The van der Waals surface area contributed by atoms with Gasteiger partial charge in [-0.05, 0) is 61.9 Å². The minimum absolute atomic E-state index is 0.135. The summed E-state index contributed by atoms with van der Waals surface area (Å²) in [5, 5.41) is 0.00425. The summed E-state index contributed by atoms with van der Waals surface area (Å²) in [4.78, 5) is 0. The minimum Gasteiger partial charge on any atom is -0.399 e. The highest BCUT2D eigenvalue weighted by atomic mass is 28.3. The maximum atomic E-state index is 15.4. The number of hydrogen-bond acceptors (Lipinski definition) is 3. The van der Waals surface area contributed by atoms with E-state index < -0.39 is 43.8 Å². The van der Waals surface area contributed by atoms with E-state index in [9.17, 15) is 4.39 Å². The van der Waals surface area contributed by atoms with Gasteiger partial charge in [-0.15, -0.1) is 5.54 Å². The lowest BCUT2D eigenvalue weighted by molar-refractivity contribution is 0.00578. The molecule has 2 aromatic carbocycles. The van der Waals surface area contributed by atoms with Crippen molar-refractivity contribution in [1.29, 1.82) is 0 Å². The second kappa shape index (κ2) is 9.17. The Morgan fingerprint density at radius 1 is 0.829 bits per heavy atom. The van der Waals surface area contributed by atoms with Crippen LogP contribution in [-0.2, 0) is 9.31 Å². The first kappa shape index (κ1) is 27.6. The van der Waals surface area contributed by atoms with Gasteiger partial charge >= 0.3 is 7.12 Å². The summed E-state index contributed by atoms with van der Waals surface area (Å²) < 4.78 is 57.6. The highest BCUT2D eigenvalue weighted by molar-refractivity contribution is 6.90. The van der Waals surface area contributed by atoms with E-state index in [1.54, 1.807) is 6.07 Å². The average Bonchev–Trinajstić information content (AvgIpc) is 2.94. The van der Waals surface area contributed by atoms with Crippen molar-refractivity contribution in [3.8, 4) is 11.5 Å². The Bertz CT molecular complexity index is 1180. The molecule has 190 valence electrons. The summed E-state index contributed by atoms with van der Waals surface area (Å²) in [6.45, 7) is 20.4. The molecule has 3 rings (SSSR count). The summed E-state index contributed by atoms with van der Waals surface area (Å²) in [5.41, 5.74) is 9.35. The van der Waals surface area contributed by atoms with E-state index in [0.717, 1.165) is 0 Å². The second-order valence-corrected chi connectivity index (χ2v) is 17.2. The Kier molecular flexibility index (Phi) is 7.24. The summed E-state index contributed by atoms with van der Waals surface area (Å²) in [6, 6.07) is 2.88. The molecule has 3 nitrogen and oxygen atoms in total. The zero-order valence-corrected chi connectivity index (χ0v) is 23.5. The summed E-state index contributed by atoms with van der Waals surface area (Å²) >= 11 is 0. The van der Waals surface area contributed by atoms with Crippen LogP contribution in [0.5, 0.6) is 0 Å². The molecule has 35 heavy (non-hydrogen) atoms. The first-order valence-electron chi connectivity index (χ1n) is 12.3. The third kappa shape index (κ3) is 4.41. The summed E-state index contributed by atoms with van der Waals surface area (Å²) in [6.07, 6.45) is 0. The fourth-order valence-corrected chi connectivity index (χ4v) is 10.7. The molecule has 0 radical (unpaired) electrons. The molecule has 1 fully saturated rings. The van der Waals surface area contributed by atoms with Crippen molar-refractivity contribution < 1.29 is 22.5 Å². The van der Waals surface area contributed by atoms with Gasteiger partial charge in [-0.3, -0.25) is 0 Å². The number of fused-ring (bicyclic) bond motifs is 1. The number of hydrogen-bond donors (Lipinski definition) is 1. The molecule has 0 amide bonds. The Morgan fingerprint density at radius 3 is 1.77 bits per heavy atom. The second-order valence-electron chi connectivity index (χ2n) is 11.6. The average molecular weight is 503 g/mol. The normalized spacial score (nSPS) is 17.5. The van der Waals surface area contributed by atoms with Crippen LogP contribution in [0, 0.1) is 28.9 Å². The van der Waals surface area contributed by atoms with Gasteiger partial charge in [0.25, 0.3) is 0 Å². The van der Waals surface area contributed by atoms with Crippen LogP contribution >= 0.6 is 0 Å².